The van der Waals surface area contributed by atoms with Crippen LogP contribution >= 0.6 is 0 Å². The number of rotatable bonds is 9. The van der Waals surface area contributed by atoms with E-state index in [4.69, 9.17) is 9.16 Å². The topological polar surface area (TPSA) is 82.8 Å². The van der Waals surface area contributed by atoms with Crippen molar-refractivity contribution in [3.8, 4) is 6.07 Å². The molecule has 0 spiro atoms. The number of nitrogens with zero attached hydrogens (tertiary/aromatic N) is 2. The van der Waals surface area contributed by atoms with Gasteiger partial charge < -0.3 is 14.3 Å². The van der Waals surface area contributed by atoms with Gasteiger partial charge in [-0.2, -0.15) is 5.26 Å². The van der Waals surface area contributed by atoms with Gasteiger partial charge in [-0.25, -0.2) is 4.79 Å². The zero-order chi connectivity index (χ0) is 21.7. The smallest absolute Gasteiger partial charge is 0.408 e. The van der Waals surface area contributed by atoms with Crippen molar-refractivity contribution < 1.29 is 19.1 Å². The van der Waals surface area contributed by atoms with E-state index in [1.165, 1.54) is 4.90 Å². The highest BCUT2D eigenvalue weighted by Gasteiger charge is 2.40. The molecular weight excluding hydrogens is 360 g/mol. The molecule has 0 heterocycles. The molecule has 0 saturated carbocycles. The Labute approximate surface area is 167 Å². The van der Waals surface area contributed by atoms with Crippen molar-refractivity contribution in [3.63, 3.8) is 0 Å². The summed E-state index contributed by atoms with van der Waals surface area (Å²) >= 11 is 0. The van der Waals surface area contributed by atoms with E-state index in [2.05, 4.69) is 39.9 Å². The molecule has 0 radical (unpaired) electrons. The van der Waals surface area contributed by atoms with Crippen molar-refractivity contribution in [2.45, 2.75) is 91.1 Å². The van der Waals surface area contributed by atoms with E-state index in [-0.39, 0.29) is 10.5 Å². The Balaban J connectivity index is 5.12. The number of hydrogen-bond donors (Lipinski definition) is 1. The van der Waals surface area contributed by atoms with Crippen LogP contribution in [0.3, 0.4) is 0 Å². The normalized spacial score (nSPS) is 16.3. The molecule has 0 saturated heterocycles. The molecule has 0 aliphatic carbocycles. The third kappa shape index (κ3) is 8.63. The number of nitriles is 1. The molecule has 158 valence electrons. The molecule has 0 aromatic rings. The lowest BCUT2D eigenvalue weighted by Gasteiger charge is -2.40. The van der Waals surface area contributed by atoms with Crippen LogP contribution in [0.2, 0.25) is 18.1 Å². The first-order chi connectivity index (χ1) is 12.0. The maximum atomic E-state index is 11.7. The van der Waals surface area contributed by atoms with Crippen LogP contribution in [0, 0.1) is 16.7 Å². The molecule has 0 aromatic carbocycles. The first-order valence-electron chi connectivity index (χ1n) is 9.56. The first-order valence-corrected chi connectivity index (χ1v) is 12.5. The molecule has 0 aromatic heterocycles. The Morgan fingerprint density at radius 1 is 1.19 bits per heavy atom. The van der Waals surface area contributed by atoms with E-state index >= 15 is 0 Å². The molecule has 6 nitrogen and oxygen atoms in total. The van der Waals surface area contributed by atoms with E-state index in [1.807, 2.05) is 27.7 Å². The van der Waals surface area contributed by atoms with E-state index < -0.39 is 26.1 Å². The minimum Gasteiger partial charge on any atom is -0.465 e. The summed E-state index contributed by atoms with van der Waals surface area (Å²) in [5.74, 6) is 0. The third-order valence-corrected chi connectivity index (χ3v) is 9.88. The van der Waals surface area contributed by atoms with Crippen molar-refractivity contribution >= 4 is 14.4 Å². The Morgan fingerprint density at radius 3 is 2.04 bits per heavy atom. The highest BCUT2D eigenvalue weighted by Crippen LogP contribution is 2.37. The molecule has 1 N–H and O–H groups in total. The van der Waals surface area contributed by atoms with Gasteiger partial charge in [0.15, 0.2) is 8.32 Å². The van der Waals surface area contributed by atoms with Crippen LogP contribution in [-0.2, 0) is 9.16 Å². The standard InChI is InChI=1S/C20H40N2O4Si/c1-18(2,3)14-22(17(23)24)16(13-21)11-12-20(7,25-8)15-26-27(9,10)19(4,5)6/h16H,11-12,14-15H2,1-10H3,(H,23,24). The summed E-state index contributed by atoms with van der Waals surface area (Å²) in [6.07, 6.45) is -0.109. The molecule has 0 aliphatic heterocycles. The van der Waals surface area contributed by atoms with Gasteiger partial charge in [-0.05, 0) is 43.3 Å². The van der Waals surface area contributed by atoms with Crippen molar-refractivity contribution in [2.24, 2.45) is 5.41 Å². The summed E-state index contributed by atoms with van der Waals surface area (Å²) in [5.41, 5.74) is -0.778. The lowest BCUT2D eigenvalue weighted by Crippen LogP contribution is -2.47. The predicted molar refractivity (Wildman–Crippen MR) is 111 cm³/mol. The summed E-state index contributed by atoms with van der Waals surface area (Å²) in [6.45, 7) is 19.5. The second kappa shape index (κ2) is 9.40. The average molecular weight is 401 g/mol. The highest BCUT2D eigenvalue weighted by atomic mass is 28.4. The number of carboxylic acid groups (broad SMARTS) is 1. The van der Waals surface area contributed by atoms with E-state index in [9.17, 15) is 15.2 Å². The lowest BCUT2D eigenvalue weighted by atomic mass is 9.93. The van der Waals surface area contributed by atoms with Crippen LogP contribution in [0.25, 0.3) is 0 Å². The fourth-order valence-electron chi connectivity index (χ4n) is 2.34. The molecule has 0 aliphatic rings. The highest BCUT2D eigenvalue weighted by molar-refractivity contribution is 6.74. The summed E-state index contributed by atoms with van der Waals surface area (Å²) in [7, 11) is -0.277. The fraction of sp³-hybridized carbons (Fsp3) is 0.900. The Bertz CT molecular complexity index is 532. The summed E-state index contributed by atoms with van der Waals surface area (Å²) in [4.78, 5) is 12.9. The number of ether oxygens (including phenoxy) is 1. The van der Waals surface area contributed by atoms with E-state index in [1.54, 1.807) is 7.11 Å². The molecule has 2 unspecified atom stereocenters. The van der Waals surface area contributed by atoms with Crippen LogP contribution in [-0.4, -0.2) is 56.3 Å². The van der Waals surface area contributed by atoms with Crippen molar-refractivity contribution in [3.05, 3.63) is 0 Å². The van der Waals surface area contributed by atoms with Crippen LogP contribution in [0.1, 0.15) is 61.3 Å². The number of carbonyl (C=O) groups is 1. The Hall–Kier alpha value is -1.10. The fourth-order valence-corrected chi connectivity index (χ4v) is 3.44. The van der Waals surface area contributed by atoms with Gasteiger partial charge in [-0.3, -0.25) is 4.90 Å². The van der Waals surface area contributed by atoms with Gasteiger partial charge in [0, 0.05) is 13.7 Å². The van der Waals surface area contributed by atoms with Crippen LogP contribution < -0.4 is 0 Å². The summed E-state index contributed by atoms with van der Waals surface area (Å²) in [5, 5.41) is 19.2. The molecule has 0 bridgehead atoms. The van der Waals surface area contributed by atoms with Crippen molar-refractivity contribution in [2.75, 3.05) is 20.3 Å². The molecule has 0 rings (SSSR count). The second-order valence-electron chi connectivity index (χ2n) is 10.4. The Morgan fingerprint density at radius 2 is 1.70 bits per heavy atom. The van der Waals surface area contributed by atoms with Crippen LogP contribution in [0.15, 0.2) is 0 Å². The second-order valence-corrected chi connectivity index (χ2v) is 15.2. The first kappa shape index (κ1) is 25.9. The maximum absolute atomic E-state index is 11.7. The van der Waals surface area contributed by atoms with Crippen molar-refractivity contribution in [1.29, 1.82) is 5.26 Å². The van der Waals surface area contributed by atoms with Gasteiger partial charge in [0.05, 0.1) is 18.3 Å². The lowest BCUT2D eigenvalue weighted by molar-refractivity contribution is -0.0432. The van der Waals surface area contributed by atoms with Gasteiger partial charge >= 0.3 is 6.09 Å². The molecular formula is C20H40N2O4Si. The predicted octanol–water partition coefficient (Wildman–Crippen LogP) is 5.11. The van der Waals surface area contributed by atoms with E-state index in [0.717, 1.165) is 0 Å². The van der Waals surface area contributed by atoms with Gasteiger partial charge in [0.25, 0.3) is 0 Å². The zero-order valence-corrected chi connectivity index (χ0v) is 20.0. The number of methoxy groups -OCH3 is 1. The number of amides is 1. The van der Waals surface area contributed by atoms with Gasteiger partial charge in [0.1, 0.15) is 6.04 Å². The molecule has 27 heavy (non-hydrogen) atoms. The maximum Gasteiger partial charge on any atom is 0.408 e. The molecule has 7 heteroatoms. The van der Waals surface area contributed by atoms with Crippen LogP contribution in [0.4, 0.5) is 4.79 Å². The number of hydrogen-bond acceptors (Lipinski definition) is 4. The monoisotopic (exact) mass is 400 g/mol. The van der Waals surface area contributed by atoms with E-state index in [0.29, 0.717) is 26.0 Å². The SMILES string of the molecule is COC(C)(CCC(C#N)N(CC(C)(C)C)C(=O)O)CO[Si](C)(C)C(C)(C)C. The minimum atomic E-state index is -1.92. The Kier molecular flexibility index (Phi) is 9.01. The van der Waals surface area contributed by atoms with Crippen LogP contribution in [0.5, 0.6) is 0 Å². The zero-order valence-electron chi connectivity index (χ0n) is 19.0. The third-order valence-electron chi connectivity index (χ3n) is 5.40. The molecule has 0 fully saturated rings. The average Bonchev–Trinajstić information content (AvgIpc) is 2.50. The quantitative estimate of drug-likeness (QED) is 0.544. The van der Waals surface area contributed by atoms with Gasteiger partial charge in [0.2, 0.25) is 0 Å². The largest absolute Gasteiger partial charge is 0.465 e. The van der Waals surface area contributed by atoms with Gasteiger partial charge in [-0.15, -0.1) is 0 Å². The van der Waals surface area contributed by atoms with Gasteiger partial charge in [-0.1, -0.05) is 41.5 Å². The van der Waals surface area contributed by atoms with Crippen molar-refractivity contribution in [1.82, 2.24) is 4.90 Å². The minimum absolute atomic E-state index is 0.101. The summed E-state index contributed by atoms with van der Waals surface area (Å²) < 4.78 is 12.0. The molecule has 2 atom stereocenters. The molecule has 1 amide bonds. The summed E-state index contributed by atoms with van der Waals surface area (Å²) in [6, 6.07) is 1.45.